The lowest BCUT2D eigenvalue weighted by molar-refractivity contribution is 0.0300. The molecule has 1 aliphatic heterocycles. The molecule has 0 saturated carbocycles. The summed E-state index contributed by atoms with van der Waals surface area (Å²) in [7, 11) is 0. The predicted octanol–water partition coefficient (Wildman–Crippen LogP) is 3.05. The van der Waals surface area contributed by atoms with E-state index in [2.05, 4.69) is 23.3 Å². The Hall–Kier alpha value is -1.81. The highest BCUT2D eigenvalue weighted by molar-refractivity contribution is 5.97. The Bertz CT molecular complexity index is 606. The Morgan fingerprint density at radius 3 is 2.90 bits per heavy atom. The fourth-order valence-electron chi connectivity index (χ4n) is 2.70. The summed E-state index contributed by atoms with van der Waals surface area (Å²) in [4.78, 5) is 4.37. The van der Waals surface area contributed by atoms with Crippen molar-refractivity contribution in [1.29, 1.82) is 0 Å². The van der Waals surface area contributed by atoms with Gasteiger partial charge in [-0.2, -0.15) is 0 Å². The second-order valence-corrected chi connectivity index (χ2v) is 5.88. The summed E-state index contributed by atoms with van der Waals surface area (Å²) < 4.78 is 5.45. The van der Waals surface area contributed by atoms with Crippen molar-refractivity contribution in [1.82, 2.24) is 4.98 Å². The van der Waals surface area contributed by atoms with Crippen molar-refractivity contribution >= 4 is 22.3 Å². The zero-order chi connectivity index (χ0) is 14.0. The summed E-state index contributed by atoms with van der Waals surface area (Å²) in [6, 6.07) is 7.94. The molecule has 0 aliphatic carbocycles. The number of hydrogen-bond acceptors (Lipinski definition) is 4. The van der Waals surface area contributed by atoms with E-state index in [0.717, 1.165) is 54.9 Å². The van der Waals surface area contributed by atoms with E-state index in [-0.39, 0.29) is 0 Å². The predicted molar refractivity (Wildman–Crippen MR) is 82.8 cm³/mol. The highest BCUT2D eigenvalue weighted by Gasteiger charge is 2.27. The first kappa shape index (κ1) is 13.2. The van der Waals surface area contributed by atoms with E-state index in [9.17, 15) is 0 Å². The molecule has 3 rings (SSSR count). The van der Waals surface area contributed by atoms with E-state index in [4.69, 9.17) is 10.5 Å². The maximum absolute atomic E-state index is 5.98. The van der Waals surface area contributed by atoms with E-state index in [1.54, 1.807) is 0 Å². The van der Waals surface area contributed by atoms with E-state index < -0.39 is 0 Å². The lowest BCUT2D eigenvalue weighted by atomic mass is 9.82. The van der Waals surface area contributed by atoms with Crippen LogP contribution in [0.5, 0.6) is 0 Å². The molecule has 1 saturated heterocycles. The first-order valence-electron chi connectivity index (χ1n) is 7.13. The van der Waals surface area contributed by atoms with Crippen LogP contribution in [0.15, 0.2) is 30.5 Å². The Morgan fingerprint density at radius 1 is 1.30 bits per heavy atom. The monoisotopic (exact) mass is 271 g/mol. The van der Waals surface area contributed by atoms with Gasteiger partial charge in [0.25, 0.3) is 0 Å². The average molecular weight is 271 g/mol. The lowest BCUT2D eigenvalue weighted by Gasteiger charge is -2.34. The number of aromatic nitrogens is 1. The normalized spacial score (nSPS) is 18.1. The molecule has 1 aliphatic rings. The number of hydrogen-bond donors (Lipinski definition) is 2. The first-order chi connectivity index (χ1) is 9.68. The summed E-state index contributed by atoms with van der Waals surface area (Å²) in [6.45, 7) is 5.00. The Kier molecular flexibility index (Phi) is 3.49. The number of anilines is 2. The van der Waals surface area contributed by atoms with Crippen molar-refractivity contribution in [2.24, 2.45) is 5.41 Å². The molecule has 2 aromatic rings. The maximum Gasteiger partial charge on any atom is 0.0951 e. The fraction of sp³-hybridized carbons (Fsp3) is 0.438. The lowest BCUT2D eigenvalue weighted by Crippen LogP contribution is -2.33. The van der Waals surface area contributed by atoms with Gasteiger partial charge in [-0.05, 0) is 30.4 Å². The first-order valence-corrected chi connectivity index (χ1v) is 7.13. The molecule has 0 spiro atoms. The second-order valence-electron chi connectivity index (χ2n) is 5.88. The van der Waals surface area contributed by atoms with Gasteiger partial charge in [0.2, 0.25) is 0 Å². The third-order valence-electron chi connectivity index (χ3n) is 4.21. The van der Waals surface area contributed by atoms with Gasteiger partial charge in [0.05, 0.1) is 11.2 Å². The van der Waals surface area contributed by atoms with Gasteiger partial charge < -0.3 is 15.8 Å². The smallest absolute Gasteiger partial charge is 0.0951 e. The number of benzene rings is 1. The number of nitrogens with one attached hydrogen (secondary N) is 1. The average Bonchev–Trinajstić information content (AvgIpc) is 2.47. The van der Waals surface area contributed by atoms with E-state index in [0.29, 0.717) is 5.41 Å². The van der Waals surface area contributed by atoms with Gasteiger partial charge in [-0.3, -0.25) is 4.98 Å². The number of nitrogen functional groups attached to an aromatic ring is 1. The van der Waals surface area contributed by atoms with Crippen LogP contribution < -0.4 is 11.1 Å². The molecule has 0 amide bonds. The number of ether oxygens (including phenoxy) is 1. The summed E-state index contributed by atoms with van der Waals surface area (Å²) >= 11 is 0. The van der Waals surface area contributed by atoms with Crippen LogP contribution in [0, 0.1) is 5.41 Å². The zero-order valence-electron chi connectivity index (χ0n) is 11.9. The van der Waals surface area contributed by atoms with Crippen LogP contribution in [-0.4, -0.2) is 24.7 Å². The standard InChI is InChI=1S/C16H21N3O/c1-16(6-9-20-10-7-16)11-19-14-5-8-18-15-12(14)3-2-4-13(15)17/h2-5,8H,6-7,9-11,17H2,1H3,(H,18,19). The van der Waals surface area contributed by atoms with Crippen molar-refractivity contribution in [3.8, 4) is 0 Å². The quantitative estimate of drug-likeness (QED) is 0.842. The number of rotatable bonds is 3. The Balaban J connectivity index is 1.82. The molecule has 1 aromatic carbocycles. The van der Waals surface area contributed by atoms with Crippen molar-refractivity contribution < 1.29 is 4.74 Å². The highest BCUT2D eigenvalue weighted by atomic mass is 16.5. The fourth-order valence-corrected chi connectivity index (χ4v) is 2.70. The molecule has 0 unspecified atom stereocenters. The third-order valence-corrected chi connectivity index (χ3v) is 4.21. The molecular weight excluding hydrogens is 250 g/mol. The Labute approximate surface area is 119 Å². The van der Waals surface area contributed by atoms with Crippen LogP contribution in [0.1, 0.15) is 19.8 Å². The van der Waals surface area contributed by atoms with Crippen LogP contribution in [0.3, 0.4) is 0 Å². The summed E-state index contributed by atoms with van der Waals surface area (Å²) in [5, 5.41) is 4.66. The van der Waals surface area contributed by atoms with Gasteiger partial charge in [0, 0.05) is 37.0 Å². The maximum atomic E-state index is 5.98. The minimum atomic E-state index is 0.300. The van der Waals surface area contributed by atoms with Crippen molar-refractivity contribution in [3.63, 3.8) is 0 Å². The second kappa shape index (κ2) is 5.29. The molecule has 3 N–H and O–H groups in total. The molecule has 0 bridgehead atoms. The van der Waals surface area contributed by atoms with Gasteiger partial charge in [-0.15, -0.1) is 0 Å². The Morgan fingerprint density at radius 2 is 2.10 bits per heavy atom. The number of nitrogens with zero attached hydrogens (tertiary/aromatic N) is 1. The molecule has 0 radical (unpaired) electrons. The van der Waals surface area contributed by atoms with E-state index >= 15 is 0 Å². The van der Waals surface area contributed by atoms with Crippen LogP contribution >= 0.6 is 0 Å². The molecule has 0 atom stereocenters. The van der Waals surface area contributed by atoms with Crippen LogP contribution in [-0.2, 0) is 4.74 Å². The topological polar surface area (TPSA) is 60.2 Å². The zero-order valence-corrected chi connectivity index (χ0v) is 11.9. The molecular formula is C16H21N3O. The van der Waals surface area contributed by atoms with Gasteiger partial charge in [0.15, 0.2) is 0 Å². The molecule has 4 heteroatoms. The van der Waals surface area contributed by atoms with Crippen LogP contribution in [0.2, 0.25) is 0 Å². The third kappa shape index (κ3) is 2.56. The largest absolute Gasteiger partial charge is 0.397 e. The van der Waals surface area contributed by atoms with Crippen LogP contribution in [0.25, 0.3) is 10.9 Å². The number of pyridine rings is 1. The number of fused-ring (bicyclic) bond motifs is 1. The van der Waals surface area contributed by atoms with Crippen molar-refractivity contribution in [2.45, 2.75) is 19.8 Å². The molecule has 1 fully saturated rings. The van der Waals surface area contributed by atoms with E-state index in [1.165, 1.54) is 0 Å². The minimum absolute atomic E-state index is 0.300. The van der Waals surface area contributed by atoms with Gasteiger partial charge >= 0.3 is 0 Å². The SMILES string of the molecule is CC1(CNc2ccnc3c(N)cccc23)CCOCC1. The molecule has 2 heterocycles. The molecule has 1 aromatic heterocycles. The van der Waals surface area contributed by atoms with E-state index in [1.807, 2.05) is 24.4 Å². The number of nitrogens with two attached hydrogens (primary N) is 1. The highest BCUT2D eigenvalue weighted by Crippen LogP contribution is 2.31. The molecule has 106 valence electrons. The van der Waals surface area contributed by atoms with Gasteiger partial charge in [0.1, 0.15) is 0 Å². The van der Waals surface area contributed by atoms with Gasteiger partial charge in [-0.25, -0.2) is 0 Å². The molecule has 4 nitrogen and oxygen atoms in total. The van der Waals surface area contributed by atoms with Crippen molar-refractivity contribution in [2.75, 3.05) is 30.8 Å². The summed E-state index contributed by atoms with van der Waals surface area (Å²) in [5.74, 6) is 0. The van der Waals surface area contributed by atoms with Crippen LogP contribution in [0.4, 0.5) is 11.4 Å². The molecule has 20 heavy (non-hydrogen) atoms. The van der Waals surface area contributed by atoms with Gasteiger partial charge in [-0.1, -0.05) is 19.1 Å². The minimum Gasteiger partial charge on any atom is -0.397 e. The van der Waals surface area contributed by atoms with Crippen molar-refractivity contribution in [3.05, 3.63) is 30.5 Å². The number of para-hydroxylation sites is 1. The summed E-state index contributed by atoms with van der Waals surface area (Å²) in [6.07, 6.45) is 4.02. The summed E-state index contributed by atoms with van der Waals surface area (Å²) in [5.41, 5.74) is 8.98.